The highest BCUT2D eigenvalue weighted by atomic mass is 32.1. The maximum absolute atomic E-state index is 11.6. The van der Waals surface area contributed by atoms with Crippen LogP contribution in [-0.4, -0.2) is 28.8 Å². The molecule has 0 rings (SSSR count). The molecule has 0 bridgehead atoms. The highest BCUT2D eigenvalue weighted by molar-refractivity contribution is 7.80. The highest BCUT2D eigenvalue weighted by Crippen LogP contribution is 2.12. The van der Waals surface area contributed by atoms with Gasteiger partial charge < -0.3 is 10.4 Å². The third-order valence-corrected chi connectivity index (χ3v) is 4.69. The van der Waals surface area contributed by atoms with Crippen molar-refractivity contribution >= 4 is 24.5 Å². The highest BCUT2D eigenvalue weighted by Gasteiger charge is 2.17. The minimum absolute atomic E-state index is 0.125. The van der Waals surface area contributed by atoms with E-state index in [9.17, 15) is 9.59 Å². The summed E-state index contributed by atoms with van der Waals surface area (Å²) < 4.78 is 0. The van der Waals surface area contributed by atoms with Crippen molar-refractivity contribution in [1.82, 2.24) is 5.32 Å². The fourth-order valence-electron chi connectivity index (χ4n) is 2.76. The number of thiol groups is 1. The van der Waals surface area contributed by atoms with E-state index in [0.29, 0.717) is 6.42 Å². The zero-order valence-corrected chi connectivity index (χ0v) is 16.3. The van der Waals surface area contributed by atoms with Gasteiger partial charge in [0.2, 0.25) is 5.91 Å². The molecule has 0 aromatic heterocycles. The van der Waals surface area contributed by atoms with E-state index in [0.717, 1.165) is 12.8 Å². The van der Waals surface area contributed by atoms with Gasteiger partial charge in [-0.25, -0.2) is 4.79 Å². The summed E-state index contributed by atoms with van der Waals surface area (Å²) in [6.07, 6.45) is 16.9. The maximum atomic E-state index is 11.6. The van der Waals surface area contributed by atoms with Crippen LogP contribution in [0.25, 0.3) is 0 Å². The fourth-order valence-corrected chi connectivity index (χ4v) is 3.00. The Morgan fingerprint density at radius 2 is 1.25 bits per heavy atom. The molecular weight excluding hydrogens is 322 g/mol. The van der Waals surface area contributed by atoms with Crippen molar-refractivity contribution in [2.24, 2.45) is 0 Å². The van der Waals surface area contributed by atoms with Crippen LogP contribution in [0.1, 0.15) is 96.8 Å². The van der Waals surface area contributed by atoms with E-state index in [2.05, 4.69) is 24.9 Å². The lowest BCUT2D eigenvalue weighted by Gasteiger charge is -2.11. The van der Waals surface area contributed by atoms with Gasteiger partial charge in [0, 0.05) is 12.2 Å². The molecule has 0 spiro atoms. The van der Waals surface area contributed by atoms with E-state index in [1.54, 1.807) is 0 Å². The molecule has 1 amide bonds. The van der Waals surface area contributed by atoms with Gasteiger partial charge in [0.05, 0.1) is 0 Å². The summed E-state index contributed by atoms with van der Waals surface area (Å²) in [6.45, 7) is 2.25. The van der Waals surface area contributed by atoms with Crippen LogP contribution in [0.5, 0.6) is 0 Å². The smallest absolute Gasteiger partial charge is 0.327 e. The molecule has 0 aromatic carbocycles. The fraction of sp³-hybridized carbons (Fsp3) is 0.895. The number of amides is 1. The number of hydrogen-bond donors (Lipinski definition) is 3. The Morgan fingerprint density at radius 3 is 1.62 bits per heavy atom. The zero-order valence-electron chi connectivity index (χ0n) is 15.4. The van der Waals surface area contributed by atoms with E-state index in [4.69, 9.17) is 5.11 Å². The van der Waals surface area contributed by atoms with Crippen LogP contribution in [0.3, 0.4) is 0 Å². The quantitative estimate of drug-likeness (QED) is 0.254. The second-order valence-corrected chi connectivity index (χ2v) is 7.00. The number of rotatable bonds is 17. The number of carbonyl (C=O) groups is 2. The largest absolute Gasteiger partial charge is 0.480 e. The first-order valence-corrected chi connectivity index (χ1v) is 10.4. The maximum Gasteiger partial charge on any atom is 0.327 e. The molecule has 1 atom stereocenters. The molecule has 0 saturated carbocycles. The van der Waals surface area contributed by atoms with E-state index in [1.807, 2.05) is 0 Å². The Bertz CT molecular complexity index is 324. The van der Waals surface area contributed by atoms with Gasteiger partial charge in [-0.15, -0.1) is 0 Å². The number of aliphatic carboxylic acids is 1. The van der Waals surface area contributed by atoms with E-state index < -0.39 is 12.0 Å². The van der Waals surface area contributed by atoms with Gasteiger partial charge in [-0.3, -0.25) is 4.79 Å². The standard InChI is InChI=1S/C19H37NO3S/c1-2-3-4-5-6-7-8-9-10-11-12-13-14-15-18(21)20-17(16-24)19(22)23/h17,24H,2-16H2,1H3,(H,20,21)(H,22,23)/t17-/m1/s1. The number of unbranched alkanes of at least 4 members (excludes halogenated alkanes) is 12. The zero-order chi connectivity index (χ0) is 18.0. The van der Waals surface area contributed by atoms with Gasteiger partial charge in [0.15, 0.2) is 0 Å². The molecule has 0 unspecified atom stereocenters. The summed E-state index contributed by atoms with van der Waals surface area (Å²) in [5.74, 6) is -1.08. The SMILES string of the molecule is CCCCCCCCCCCCCCCC(=O)N[C@H](CS)C(=O)O. The predicted octanol–water partition coefficient (Wildman–Crippen LogP) is 4.97. The van der Waals surface area contributed by atoms with Crippen LogP contribution >= 0.6 is 12.6 Å². The van der Waals surface area contributed by atoms with Crippen LogP contribution in [-0.2, 0) is 9.59 Å². The Labute approximate surface area is 153 Å². The molecule has 2 N–H and O–H groups in total. The Kier molecular flexibility index (Phi) is 16.6. The minimum atomic E-state index is -1.02. The normalized spacial score (nSPS) is 12.1. The lowest BCUT2D eigenvalue weighted by molar-refractivity contribution is -0.141. The number of nitrogens with one attached hydrogen (secondary N) is 1. The van der Waals surface area contributed by atoms with Gasteiger partial charge in [0.1, 0.15) is 6.04 Å². The first kappa shape index (κ1) is 23.3. The van der Waals surface area contributed by atoms with Crippen molar-refractivity contribution in [3.63, 3.8) is 0 Å². The van der Waals surface area contributed by atoms with Gasteiger partial charge in [-0.1, -0.05) is 84.0 Å². The molecule has 5 heteroatoms. The van der Waals surface area contributed by atoms with Gasteiger partial charge in [-0.2, -0.15) is 12.6 Å². The molecule has 24 heavy (non-hydrogen) atoms. The monoisotopic (exact) mass is 359 g/mol. The third kappa shape index (κ3) is 14.9. The van der Waals surface area contributed by atoms with Crippen molar-refractivity contribution in [3.8, 4) is 0 Å². The van der Waals surface area contributed by atoms with Crippen molar-refractivity contribution in [2.75, 3.05) is 5.75 Å². The molecule has 0 aliphatic heterocycles. The molecule has 142 valence electrons. The number of carbonyl (C=O) groups excluding carboxylic acids is 1. The number of hydrogen-bond acceptors (Lipinski definition) is 3. The van der Waals surface area contributed by atoms with E-state index in [-0.39, 0.29) is 11.7 Å². The first-order chi connectivity index (χ1) is 11.6. The Balaban J connectivity index is 3.30. The Hall–Kier alpha value is -0.710. The van der Waals surface area contributed by atoms with E-state index in [1.165, 1.54) is 70.6 Å². The van der Waals surface area contributed by atoms with Crippen LogP contribution in [0, 0.1) is 0 Å². The lowest BCUT2D eigenvalue weighted by Crippen LogP contribution is -2.42. The first-order valence-electron chi connectivity index (χ1n) is 9.74. The summed E-state index contributed by atoms with van der Waals surface area (Å²) >= 11 is 3.93. The lowest BCUT2D eigenvalue weighted by atomic mass is 10.0. The summed E-state index contributed by atoms with van der Waals surface area (Å²) in [4.78, 5) is 22.4. The van der Waals surface area contributed by atoms with E-state index >= 15 is 0 Å². The second kappa shape index (κ2) is 17.1. The molecule has 4 nitrogen and oxygen atoms in total. The Morgan fingerprint density at radius 1 is 0.833 bits per heavy atom. The summed E-state index contributed by atoms with van der Waals surface area (Å²) in [5.41, 5.74) is 0. The van der Waals surface area contributed by atoms with Crippen molar-refractivity contribution in [3.05, 3.63) is 0 Å². The van der Waals surface area contributed by atoms with Crippen molar-refractivity contribution in [1.29, 1.82) is 0 Å². The molecule has 0 heterocycles. The van der Waals surface area contributed by atoms with Crippen LogP contribution in [0.15, 0.2) is 0 Å². The molecule has 0 aliphatic rings. The third-order valence-electron chi connectivity index (χ3n) is 4.32. The summed E-state index contributed by atoms with van der Waals surface area (Å²) in [5, 5.41) is 11.3. The van der Waals surface area contributed by atoms with Crippen molar-refractivity contribution < 1.29 is 14.7 Å². The van der Waals surface area contributed by atoms with Crippen LogP contribution < -0.4 is 5.32 Å². The molecule has 0 saturated heterocycles. The average Bonchev–Trinajstić information content (AvgIpc) is 2.56. The predicted molar refractivity (Wildman–Crippen MR) is 104 cm³/mol. The molecule has 0 aliphatic carbocycles. The van der Waals surface area contributed by atoms with Gasteiger partial charge >= 0.3 is 5.97 Å². The second-order valence-electron chi connectivity index (χ2n) is 6.63. The number of carboxylic acids is 1. The summed E-state index contributed by atoms with van der Waals surface area (Å²) in [6, 6.07) is -0.872. The van der Waals surface area contributed by atoms with Crippen LogP contribution in [0.2, 0.25) is 0 Å². The molecule has 0 aromatic rings. The topological polar surface area (TPSA) is 66.4 Å². The minimum Gasteiger partial charge on any atom is -0.480 e. The molecular formula is C19H37NO3S. The molecule has 0 fully saturated rings. The summed E-state index contributed by atoms with van der Waals surface area (Å²) in [7, 11) is 0. The molecule has 0 radical (unpaired) electrons. The van der Waals surface area contributed by atoms with Crippen molar-refractivity contribution in [2.45, 2.75) is 103 Å². The average molecular weight is 360 g/mol. The number of carboxylic acid groups (broad SMARTS) is 1. The van der Waals surface area contributed by atoms with Gasteiger partial charge in [0.25, 0.3) is 0 Å². The van der Waals surface area contributed by atoms with Gasteiger partial charge in [-0.05, 0) is 6.42 Å². The van der Waals surface area contributed by atoms with Crippen LogP contribution in [0.4, 0.5) is 0 Å².